The molecule has 0 bridgehead atoms. The molecule has 2 aromatic rings. The zero-order valence-electron chi connectivity index (χ0n) is 16.3. The highest BCUT2D eigenvalue weighted by Gasteiger charge is 2.24. The van der Waals surface area contributed by atoms with Gasteiger partial charge in [-0.1, -0.05) is 44.2 Å². The molecule has 26 heavy (non-hydrogen) atoms. The van der Waals surface area contributed by atoms with Crippen molar-refractivity contribution in [2.24, 2.45) is 0 Å². The number of carbonyl (C=O) groups is 1. The van der Waals surface area contributed by atoms with Gasteiger partial charge in [-0.3, -0.25) is 14.2 Å². The summed E-state index contributed by atoms with van der Waals surface area (Å²) in [5, 5.41) is 3.97. The van der Waals surface area contributed by atoms with Crippen molar-refractivity contribution in [2.75, 3.05) is 0 Å². The number of hydrogen-bond acceptors (Lipinski definition) is 4. The Bertz CT molecular complexity index is 829. The highest BCUT2D eigenvalue weighted by atomic mass is 32.2. The molecule has 1 aromatic heterocycles. The molecule has 1 heterocycles. The van der Waals surface area contributed by atoms with E-state index in [1.807, 2.05) is 52.0 Å². The van der Waals surface area contributed by atoms with E-state index in [2.05, 4.69) is 17.2 Å². The Hall–Kier alpha value is -1.82. The molecule has 0 radical (unpaired) electrons. The number of amides is 1. The maximum atomic E-state index is 12.9. The monoisotopic (exact) mass is 375 g/mol. The van der Waals surface area contributed by atoms with Gasteiger partial charge in [-0.25, -0.2) is 4.98 Å². The molecule has 0 saturated heterocycles. The first-order valence-corrected chi connectivity index (χ1v) is 10.1. The number of benzene rings is 1. The van der Waals surface area contributed by atoms with Gasteiger partial charge in [0.25, 0.3) is 5.56 Å². The van der Waals surface area contributed by atoms with Crippen LogP contribution in [-0.4, -0.2) is 26.2 Å². The Morgan fingerprint density at radius 1 is 1.31 bits per heavy atom. The first kappa shape index (κ1) is 20.5. The van der Waals surface area contributed by atoms with Gasteiger partial charge in [0, 0.05) is 12.1 Å². The van der Waals surface area contributed by atoms with Crippen molar-refractivity contribution >= 4 is 28.6 Å². The summed E-state index contributed by atoms with van der Waals surface area (Å²) in [5.74, 6) is -0.0358. The number of nitrogens with zero attached hydrogens (tertiary/aromatic N) is 2. The summed E-state index contributed by atoms with van der Waals surface area (Å²) in [5.41, 5.74) is 0.396. The van der Waals surface area contributed by atoms with E-state index in [9.17, 15) is 9.59 Å². The molecule has 2 rings (SSSR count). The molecular weight excluding hydrogens is 346 g/mol. The number of hydrogen-bond donors (Lipinski definition) is 1. The Balaban J connectivity index is 2.35. The number of carbonyl (C=O) groups excluding carboxylic acids is 1. The van der Waals surface area contributed by atoms with Gasteiger partial charge < -0.3 is 5.32 Å². The zero-order valence-corrected chi connectivity index (χ0v) is 17.2. The van der Waals surface area contributed by atoms with Crippen LogP contribution in [-0.2, 0) is 11.3 Å². The Kier molecular flexibility index (Phi) is 6.87. The minimum Gasteiger partial charge on any atom is -0.350 e. The number of nitrogens with one attached hydrogen (secondary N) is 1. The Morgan fingerprint density at radius 2 is 2.00 bits per heavy atom. The summed E-state index contributed by atoms with van der Waals surface area (Å²) in [6.45, 7) is 10.6. The van der Waals surface area contributed by atoms with Crippen molar-refractivity contribution in [1.29, 1.82) is 0 Å². The quantitative estimate of drug-likeness (QED) is 0.560. The topological polar surface area (TPSA) is 64.0 Å². The number of fused-ring (bicyclic) bond motifs is 1. The lowest BCUT2D eigenvalue weighted by molar-refractivity contribution is -0.121. The standard InChI is InChI=1S/C20H29N3O2S/c1-6-8-13-23-18(25)15-11-9-10-12-16(15)21-19(23)26-14(3)17(24)22-20(4,5)7-2/h9-12,14H,6-8,13H2,1-5H3,(H,22,24). The fourth-order valence-corrected chi connectivity index (χ4v) is 3.42. The second-order valence-electron chi connectivity index (χ2n) is 7.21. The summed E-state index contributed by atoms with van der Waals surface area (Å²) >= 11 is 1.35. The van der Waals surface area contributed by atoms with Crippen molar-refractivity contribution in [3.8, 4) is 0 Å². The molecule has 1 N–H and O–H groups in total. The third-order valence-electron chi connectivity index (χ3n) is 4.56. The molecule has 0 saturated carbocycles. The van der Waals surface area contributed by atoms with E-state index in [4.69, 9.17) is 0 Å². The van der Waals surface area contributed by atoms with Crippen LogP contribution in [0, 0.1) is 0 Å². The molecule has 5 nitrogen and oxygen atoms in total. The summed E-state index contributed by atoms with van der Waals surface area (Å²) in [7, 11) is 0. The SMILES string of the molecule is CCCCn1c(SC(C)C(=O)NC(C)(C)CC)nc2ccccc2c1=O. The van der Waals surface area contributed by atoms with E-state index in [0.29, 0.717) is 22.6 Å². The third kappa shape index (κ3) is 4.87. The molecule has 0 aliphatic heterocycles. The fourth-order valence-electron chi connectivity index (χ4n) is 2.49. The van der Waals surface area contributed by atoms with Gasteiger partial charge in [0.05, 0.1) is 16.2 Å². The predicted octanol–water partition coefficient (Wildman–Crippen LogP) is 3.98. The van der Waals surface area contributed by atoms with Crippen LogP contribution in [0.4, 0.5) is 0 Å². The van der Waals surface area contributed by atoms with Gasteiger partial charge in [0.15, 0.2) is 5.16 Å². The van der Waals surface area contributed by atoms with E-state index in [-0.39, 0.29) is 22.3 Å². The number of unbranched alkanes of at least 4 members (excludes halogenated alkanes) is 1. The Morgan fingerprint density at radius 3 is 2.65 bits per heavy atom. The molecular formula is C20H29N3O2S. The van der Waals surface area contributed by atoms with Crippen molar-refractivity contribution in [1.82, 2.24) is 14.9 Å². The van der Waals surface area contributed by atoms with Crippen LogP contribution in [0.15, 0.2) is 34.2 Å². The predicted molar refractivity (Wildman–Crippen MR) is 109 cm³/mol. The second-order valence-corrected chi connectivity index (χ2v) is 8.52. The van der Waals surface area contributed by atoms with Gasteiger partial charge in [-0.15, -0.1) is 0 Å². The average molecular weight is 376 g/mol. The normalized spacial score (nSPS) is 13.0. The van der Waals surface area contributed by atoms with Crippen LogP contribution >= 0.6 is 11.8 Å². The van der Waals surface area contributed by atoms with Crippen LogP contribution in [0.5, 0.6) is 0 Å². The van der Waals surface area contributed by atoms with E-state index in [1.165, 1.54) is 11.8 Å². The highest BCUT2D eigenvalue weighted by Crippen LogP contribution is 2.24. The van der Waals surface area contributed by atoms with Crippen LogP contribution in [0.1, 0.15) is 53.9 Å². The highest BCUT2D eigenvalue weighted by molar-refractivity contribution is 8.00. The number of aromatic nitrogens is 2. The molecule has 0 aliphatic rings. The first-order valence-electron chi connectivity index (χ1n) is 9.27. The summed E-state index contributed by atoms with van der Waals surface area (Å²) in [4.78, 5) is 30.1. The average Bonchev–Trinajstić information content (AvgIpc) is 2.61. The first-order chi connectivity index (χ1) is 12.3. The molecule has 1 atom stereocenters. The van der Waals surface area contributed by atoms with Crippen LogP contribution < -0.4 is 10.9 Å². The summed E-state index contributed by atoms with van der Waals surface area (Å²) in [6, 6.07) is 7.38. The van der Waals surface area contributed by atoms with Crippen molar-refractivity contribution in [3.63, 3.8) is 0 Å². The number of thioether (sulfide) groups is 1. The molecule has 6 heteroatoms. The summed E-state index contributed by atoms with van der Waals surface area (Å²) in [6.07, 6.45) is 2.74. The van der Waals surface area contributed by atoms with Gasteiger partial charge in [-0.2, -0.15) is 0 Å². The van der Waals surface area contributed by atoms with Crippen molar-refractivity contribution in [2.45, 2.75) is 76.4 Å². The molecule has 1 unspecified atom stereocenters. The third-order valence-corrected chi connectivity index (χ3v) is 5.65. The fraction of sp³-hybridized carbons (Fsp3) is 0.550. The van der Waals surface area contributed by atoms with Crippen molar-refractivity contribution < 1.29 is 4.79 Å². The minimum absolute atomic E-state index is 0.0342. The van der Waals surface area contributed by atoms with Crippen LogP contribution in [0.25, 0.3) is 10.9 Å². The summed E-state index contributed by atoms with van der Waals surface area (Å²) < 4.78 is 1.71. The lowest BCUT2D eigenvalue weighted by Gasteiger charge is -2.26. The van der Waals surface area contributed by atoms with Crippen LogP contribution in [0.3, 0.4) is 0 Å². The minimum atomic E-state index is -0.332. The van der Waals surface area contributed by atoms with E-state index < -0.39 is 0 Å². The maximum absolute atomic E-state index is 12.9. The van der Waals surface area contributed by atoms with Gasteiger partial charge in [-0.05, 0) is 45.7 Å². The molecule has 0 fully saturated rings. The smallest absolute Gasteiger partial charge is 0.262 e. The Labute approximate surface area is 159 Å². The van der Waals surface area contributed by atoms with Gasteiger partial charge in [0.2, 0.25) is 5.91 Å². The second kappa shape index (κ2) is 8.71. The van der Waals surface area contributed by atoms with Gasteiger partial charge in [0.1, 0.15) is 0 Å². The number of para-hydroxylation sites is 1. The van der Waals surface area contributed by atoms with Gasteiger partial charge >= 0.3 is 0 Å². The lowest BCUT2D eigenvalue weighted by Crippen LogP contribution is -2.46. The van der Waals surface area contributed by atoms with Crippen molar-refractivity contribution in [3.05, 3.63) is 34.6 Å². The molecule has 142 valence electrons. The molecule has 1 amide bonds. The molecule has 0 aliphatic carbocycles. The van der Waals surface area contributed by atoms with E-state index in [0.717, 1.165) is 19.3 Å². The zero-order chi connectivity index (χ0) is 19.3. The number of rotatable bonds is 8. The maximum Gasteiger partial charge on any atom is 0.262 e. The molecule has 0 spiro atoms. The van der Waals surface area contributed by atoms with E-state index >= 15 is 0 Å². The largest absolute Gasteiger partial charge is 0.350 e. The molecule has 1 aromatic carbocycles. The lowest BCUT2D eigenvalue weighted by atomic mass is 10.0. The van der Waals surface area contributed by atoms with Crippen LogP contribution in [0.2, 0.25) is 0 Å². The van der Waals surface area contributed by atoms with E-state index in [1.54, 1.807) is 4.57 Å².